The minimum Gasteiger partial charge on any atom is -0.497 e. The first-order valence-electron chi connectivity index (χ1n) is 11.9. The van der Waals surface area contributed by atoms with Crippen LogP contribution in [-0.2, 0) is 17.8 Å². The largest absolute Gasteiger partial charge is 0.497 e. The van der Waals surface area contributed by atoms with Gasteiger partial charge in [0.25, 0.3) is 0 Å². The molecule has 2 N–H and O–H groups in total. The number of methoxy groups -OCH3 is 2. The Kier molecular flexibility index (Phi) is 9.42. The molecular weight excluding hydrogens is 420 g/mol. The number of benzene rings is 1. The third-order valence-corrected chi connectivity index (χ3v) is 6.57. The van der Waals surface area contributed by atoms with E-state index in [-0.39, 0.29) is 12.5 Å². The lowest BCUT2D eigenvalue weighted by Gasteiger charge is -2.30. The van der Waals surface area contributed by atoms with E-state index in [9.17, 15) is 4.79 Å². The van der Waals surface area contributed by atoms with Crippen LogP contribution in [0.5, 0.6) is 11.5 Å². The molecule has 0 aliphatic heterocycles. The maximum atomic E-state index is 12.7. The van der Waals surface area contributed by atoms with E-state index in [2.05, 4.69) is 10.4 Å². The van der Waals surface area contributed by atoms with Gasteiger partial charge in [0.05, 0.1) is 39.3 Å². The number of aliphatic hydroxyl groups is 1. The Morgan fingerprint density at radius 1 is 1.24 bits per heavy atom. The summed E-state index contributed by atoms with van der Waals surface area (Å²) in [7, 11) is 5.19. The summed E-state index contributed by atoms with van der Waals surface area (Å²) in [5.74, 6) is 2.39. The predicted octanol–water partition coefficient (Wildman–Crippen LogP) is 3.34. The Balaban J connectivity index is 1.37. The summed E-state index contributed by atoms with van der Waals surface area (Å²) >= 11 is 0. The first-order chi connectivity index (χ1) is 16.0. The van der Waals surface area contributed by atoms with Gasteiger partial charge in [-0.1, -0.05) is 0 Å². The second-order valence-corrected chi connectivity index (χ2v) is 8.86. The molecule has 8 nitrogen and oxygen atoms in total. The number of rotatable bonds is 12. The van der Waals surface area contributed by atoms with Gasteiger partial charge >= 0.3 is 0 Å². The molecule has 1 aromatic heterocycles. The van der Waals surface area contributed by atoms with Crippen molar-refractivity contribution in [3.8, 4) is 11.5 Å². The molecule has 1 amide bonds. The topological polar surface area (TPSA) is 88.9 Å². The van der Waals surface area contributed by atoms with Gasteiger partial charge in [0.15, 0.2) is 0 Å². The smallest absolute Gasteiger partial charge is 0.222 e. The lowest BCUT2D eigenvalue weighted by atomic mass is 9.84. The molecule has 1 aromatic carbocycles. The van der Waals surface area contributed by atoms with Gasteiger partial charge in [0.1, 0.15) is 11.5 Å². The molecule has 182 valence electrons. The molecule has 8 heteroatoms. The fraction of sp³-hybridized carbons (Fsp3) is 0.600. The summed E-state index contributed by atoms with van der Waals surface area (Å²) in [6.45, 7) is 1.41. The van der Waals surface area contributed by atoms with Crippen molar-refractivity contribution in [2.45, 2.75) is 57.5 Å². The van der Waals surface area contributed by atoms with Gasteiger partial charge in [-0.15, -0.1) is 0 Å². The first-order valence-corrected chi connectivity index (χ1v) is 11.9. The van der Waals surface area contributed by atoms with Crippen LogP contribution in [0.3, 0.4) is 0 Å². The van der Waals surface area contributed by atoms with Crippen LogP contribution in [0.2, 0.25) is 0 Å². The highest BCUT2D eigenvalue weighted by atomic mass is 16.5. The summed E-state index contributed by atoms with van der Waals surface area (Å²) in [4.78, 5) is 14.5. The number of carbonyl (C=O) groups is 1. The number of ether oxygens (including phenoxy) is 2. The Morgan fingerprint density at radius 2 is 2.03 bits per heavy atom. The van der Waals surface area contributed by atoms with E-state index >= 15 is 0 Å². The number of nitrogens with one attached hydrogen (secondary N) is 1. The molecule has 1 aliphatic rings. The number of aliphatic hydroxyl groups excluding tert-OH is 1. The second-order valence-electron chi connectivity index (χ2n) is 8.86. The van der Waals surface area contributed by atoms with Crippen molar-refractivity contribution >= 4 is 11.6 Å². The fourth-order valence-corrected chi connectivity index (χ4v) is 4.50. The summed E-state index contributed by atoms with van der Waals surface area (Å²) in [5, 5.41) is 16.8. The summed E-state index contributed by atoms with van der Waals surface area (Å²) in [6, 6.07) is 6.15. The summed E-state index contributed by atoms with van der Waals surface area (Å²) in [5.41, 5.74) is 2.01. The molecule has 0 radical (unpaired) electrons. The van der Waals surface area contributed by atoms with Crippen LogP contribution in [0.1, 0.15) is 44.1 Å². The highest BCUT2D eigenvalue weighted by Gasteiger charge is 2.22. The van der Waals surface area contributed by atoms with E-state index in [4.69, 9.17) is 14.6 Å². The summed E-state index contributed by atoms with van der Waals surface area (Å²) in [6.07, 6.45) is 10.5. The predicted molar refractivity (Wildman–Crippen MR) is 129 cm³/mol. The number of carbonyl (C=O) groups excluding carboxylic acids is 1. The highest BCUT2D eigenvalue weighted by Crippen LogP contribution is 2.29. The number of nitrogens with zero attached hydrogens (tertiary/aromatic N) is 3. The van der Waals surface area contributed by atoms with E-state index in [1.807, 2.05) is 42.5 Å². The van der Waals surface area contributed by atoms with Gasteiger partial charge in [0.2, 0.25) is 5.91 Å². The third kappa shape index (κ3) is 7.39. The molecule has 1 fully saturated rings. The van der Waals surface area contributed by atoms with E-state index < -0.39 is 0 Å². The summed E-state index contributed by atoms with van der Waals surface area (Å²) < 4.78 is 12.5. The SMILES string of the molecule is COc1ccc(OC)c(CCC(=O)N(C)CCC2CCC(Nc3cnn(CCO)c3)CC2)c1. The molecule has 0 unspecified atom stereocenters. The molecule has 0 atom stereocenters. The molecule has 33 heavy (non-hydrogen) atoms. The van der Waals surface area contributed by atoms with Gasteiger partial charge in [-0.05, 0) is 68.2 Å². The highest BCUT2D eigenvalue weighted by molar-refractivity contribution is 5.76. The van der Waals surface area contributed by atoms with Crippen molar-refractivity contribution in [3.05, 3.63) is 36.2 Å². The normalized spacial score (nSPS) is 18.1. The minimum atomic E-state index is 0.0956. The van der Waals surface area contributed by atoms with Crippen molar-refractivity contribution in [1.82, 2.24) is 14.7 Å². The number of anilines is 1. The molecule has 0 saturated heterocycles. The lowest BCUT2D eigenvalue weighted by Crippen LogP contribution is -2.31. The average Bonchev–Trinajstić information content (AvgIpc) is 3.28. The molecule has 1 aliphatic carbocycles. The monoisotopic (exact) mass is 458 g/mol. The maximum Gasteiger partial charge on any atom is 0.222 e. The Bertz CT molecular complexity index is 877. The van der Waals surface area contributed by atoms with Crippen LogP contribution < -0.4 is 14.8 Å². The Labute approximate surface area is 196 Å². The van der Waals surface area contributed by atoms with Gasteiger partial charge in [-0.2, -0.15) is 5.10 Å². The zero-order valence-electron chi connectivity index (χ0n) is 20.1. The van der Waals surface area contributed by atoms with E-state index in [1.54, 1.807) is 18.9 Å². The number of amides is 1. The Morgan fingerprint density at radius 3 is 2.73 bits per heavy atom. The van der Waals surface area contributed by atoms with Gasteiger partial charge in [0, 0.05) is 32.3 Å². The third-order valence-electron chi connectivity index (χ3n) is 6.57. The maximum absolute atomic E-state index is 12.7. The van der Waals surface area contributed by atoms with E-state index in [1.165, 1.54) is 12.8 Å². The molecule has 1 heterocycles. The van der Waals surface area contributed by atoms with Crippen molar-refractivity contribution in [3.63, 3.8) is 0 Å². The first kappa shape index (κ1) is 24.9. The molecule has 2 aromatic rings. The Hall–Kier alpha value is -2.74. The standard InChI is InChI=1S/C25H38N4O4/c1-28(25(31)11-6-20-16-23(32-2)9-10-24(20)33-3)13-12-19-4-7-21(8-5-19)27-22-17-26-29(18-22)14-15-30/h9-10,16-19,21,27,30H,4-8,11-15H2,1-3H3. The van der Waals surface area contributed by atoms with Gasteiger partial charge in [-0.25, -0.2) is 0 Å². The van der Waals surface area contributed by atoms with Crippen LogP contribution in [0.25, 0.3) is 0 Å². The molecule has 0 spiro atoms. The average molecular weight is 459 g/mol. The molecule has 0 bridgehead atoms. The van der Waals surface area contributed by atoms with Crippen molar-refractivity contribution in [1.29, 1.82) is 0 Å². The van der Waals surface area contributed by atoms with Crippen molar-refractivity contribution < 1.29 is 19.4 Å². The van der Waals surface area contributed by atoms with E-state index in [0.29, 0.717) is 31.3 Å². The minimum absolute atomic E-state index is 0.0956. The van der Waals surface area contributed by atoms with Gasteiger partial charge in [-0.3, -0.25) is 9.48 Å². The zero-order valence-corrected chi connectivity index (χ0v) is 20.1. The van der Waals surface area contributed by atoms with Crippen LogP contribution in [0.15, 0.2) is 30.6 Å². The van der Waals surface area contributed by atoms with Crippen LogP contribution in [0.4, 0.5) is 5.69 Å². The quantitative estimate of drug-likeness (QED) is 0.507. The number of aromatic nitrogens is 2. The number of hydrogen-bond donors (Lipinski definition) is 2. The number of hydrogen-bond acceptors (Lipinski definition) is 6. The van der Waals surface area contributed by atoms with Crippen molar-refractivity contribution in [2.75, 3.05) is 39.7 Å². The zero-order chi connectivity index (χ0) is 23.6. The molecule has 1 saturated carbocycles. The molecular formula is C25H38N4O4. The van der Waals surface area contributed by atoms with Gasteiger partial charge < -0.3 is 24.8 Å². The second kappa shape index (κ2) is 12.5. The fourth-order valence-electron chi connectivity index (χ4n) is 4.50. The van der Waals surface area contributed by atoms with Crippen LogP contribution >= 0.6 is 0 Å². The van der Waals surface area contributed by atoms with E-state index in [0.717, 1.165) is 48.6 Å². The van der Waals surface area contributed by atoms with Crippen molar-refractivity contribution in [2.24, 2.45) is 5.92 Å². The molecule has 3 rings (SSSR count). The van der Waals surface area contributed by atoms with Crippen LogP contribution in [0, 0.1) is 5.92 Å². The van der Waals surface area contributed by atoms with Crippen LogP contribution in [-0.4, -0.2) is 66.2 Å². The lowest BCUT2D eigenvalue weighted by molar-refractivity contribution is -0.130. The number of aryl methyl sites for hydroxylation is 1.